The van der Waals surface area contributed by atoms with Crippen molar-refractivity contribution in [3.05, 3.63) is 83.0 Å². The summed E-state index contributed by atoms with van der Waals surface area (Å²) in [7, 11) is 0. The first-order chi connectivity index (χ1) is 13.0. The van der Waals surface area contributed by atoms with Crippen LogP contribution in [0.2, 0.25) is 0 Å². The highest BCUT2D eigenvalue weighted by atomic mass is 16.2. The number of nitrogens with one attached hydrogen (secondary N) is 2. The van der Waals surface area contributed by atoms with Crippen LogP contribution in [0, 0.1) is 6.92 Å². The van der Waals surface area contributed by atoms with Crippen LogP contribution in [0.5, 0.6) is 0 Å². The molecule has 0 spiro atoms. The maximum atomic E-state index is 12.3. The zero-order valence-electron chi connectivity index (χ0n) is 15.2. The molecule has 6 heteroatoms. The number of rotatable bonds is 6. The lowest BCUT2D eigenvalue weighted by Gasteiger charge is -2.08. The Labute approximate surface area is 157 Å². The van der Waals surface area contributed by atoms with E-state index in [9.17, 15) is 9.59 Å². The number of Topliss-reactive ketones (excluding diaryl/α,β-unsaturated/α-hetero) is 1. The van der Waals surface area contributed by atoms with Gasteiger partial charge in [0.2, 0.25) is 0 Å². The average Bonchev–Trinajstić information content (AvgIpc) is 2.67. The lowest BCUT2D eigenvalue weighted by Crippen LogP contribution is -2.15. The van der Waals surface area contributed by atoms with Crippen molar-refractivity contribution in [1.82, 2.24) is 10.2 Å². The van der Waals surface area contributed by atoms with Gasteiger partial charge in [-0.25, -0.2) is 0 Å². The second-order valence-corrected chi connectivity index (χ2v) is 6.24. The van der Waals surface area contributed by atoms with Gasteiger partial charge in [0.05, 0.1) is 0 Å². The molecule has 2 N–H and O–H groups in total. The summed E-state index contributed by atoms with van der Waals surface area (Å²) in [4.78, 5) is 23.7. The highest BCUT2D eigenvalue weighted by Crippen LogP contribution is 2.13. The largest absolute Gasteiger partial charge is 0.365 e. The predicted octanol–water partition coefficient (Wildman–Crippen LogP) is 3.85. The number of aromatic nitrogens is 2. The van der Waals surface area contributed by atoms with Gasteiger partial charge >= 0.3 is 0 Å². The third-order valence-corrected chi connectivity index (χ3v) is 3.98. The number of amides is 1. The molecule has 0 saturated carbocycles. The van der Waals surface area contributed by atoms with Crippen molar-refractivity contribution in [3.8, 4) is 0 Å². The highest BCUT2D eigenvalue weighted by Gasteiger charge is 2.10. The number of carbonyl (C=O) groups excluding carboxylic acids is 2. The number of ketones is 1. The van der Waals surface area contributed by atoms with E-state index < -0.39 is 0 Å². The molecular formula is C21H20N4O2. The van der Waals surface area contributed by atoms with Crippen LogP contribution in [0.1, 0.15) is 38.9 Å². The van der Waals surface area contributed by atoms with Gasteiger partial charge in [0, 0.05) is 17.8 Å². The van der Waals surface area contributed by atoms with E-state index in [0.717, 1.165) is 5.56 Å². The number of aryl methyl sites for hydroxylation is 1. The molecule has 6 nitrogen and oxygen atoms in total. The molecule has 0 aliphatic heterocycles. The van der Waals surface area contributed by atoms with Crippen molar-refractivity contribution in [1.29, 1.82) is 0 Å². The van der Waals surface area contributed by atoms with Crippen LogP contribution in [0.3, 0.4) is 0 Å². The van der Waals surface area contributed by atoms with Crippen molar-refractivity contribution in [2.24, 2.45) is 0 Å². The molecule has 1 heterocycles. The second kappa shape index (κ2) is 8.23. The van der Waals surface area contributed by atoms with Gasteiger partial charge in [0.15, 0.2) is 11.5 Å². The predicted molar refractivity (Wildman–Crippen MR) is 105 cm³/mol. The van der Waals surface area contributed by atoms with Gasteiger partial charge < -0.3 is 10.6 Å². The second-order valence-electron chi connectivity index (χ2n) is 6.24. The molecular weight excluding hydrogens is 340 g/mol. The zero-order chi connectivity index (χ0) is 19.2. The SMILES string of the molecule is CC(=O)c1cccc(NC(=O)c2ccc(NCc3cccc(C)c3)nn2)c1. The molecule has 0 aliphatic carbocycles. The van der Waals surface area contributed by atoms with Crippen molar-refractivity contribution in [3.63, 3.8) is 0 Å². The van der Waals surface area contributed by atoms with Gasteiger partial charge in [-0.05, 0) is 43.7 Å². The van der Waals surface area contributed by atoms with Crippen molar-refractivity contribution in [2.75, 3.05) is 10.6 Å². The van der Waals surface area contributed by atoms with Crippen LogP contribution in [0.4, 0.5) is 11.5 Å². The number of anilines is 2. The summed E-state index contributed by atoms with van der Waals surface area (Å²) in [5, 5.41) is 13.9. The fourth-order valence-electron chi connectivity index (χ4n) is 2.57. The summed E-state index contributed by atoms with van der Waals surface area (Å²) in [5.74, 6) is 0.148. The number of carbonyl (C=O) groups is 2. The zero-order valence-corrected chi connectivity index (χ0v) is 15.2. The Hall–Kier alpha value is -3.54. The van der Waals surface area contributed by atoms with E-state index in [1.165, 1.54) is 12.5 Å². The fourth-order valence-corrected chi connectivity index (χ4v) is 2.57. The maximum absolute atomic E-state index is 12.3. The number of nitrogens with zero attached hydrogens (tertiary/aromatic N) is 2. The Balaban J connectivity index is 1.61. The van der Waals surface area contributed by atoms with E-state index in [-0.39, 0.29) is 17.4 Å². The number of hydrogen-bond donors (Lipinski definition) is 2. The Bertz CT molecular complexity index is 968. The summed E-state index contributed by atoms with van der Waals surface area (Å²) in [6.07, 6.45) is 0. The summed E-state index contributed by atoms with van der Waals surface area (Å²) in [5.41, 5.74) is 3.61. The van der Waals surface area contributed by atoms with Crippen molar-refractivity contribution >= 4 is 23.2 Å². The molecule has 136 valence electrons. The van der Waals surface area contributed by atoms with Gasteiger partial charge in [-0.3, -0.25) is 9.59 Å². The van der Waals surface area contributed by atoms with E-state index in [2.05, 4.69) is 26.9 Å². The van der Waals surface area contributed by atoms with Gasteiger partial charge in [-0.15, -0.1) is 10.2 Å². The summed E-state index contributed by atoms with van der Waals surface area (Å²) >= 11 is 0. The number of benzene rings is 2. The van der Waals surface area contributed by atoms with Gasteiger partial charge in [-0.2, -0.15) is 0 Å². The van der Waals surface area contributed by atoms with E-state index in [0.29, 0.717) is 23.6 Å². The smallest absolute Gasteiger partial charge is 0.276 e. The van der Waals surface area contributed by atoms with Crippen LogP contribution < -0.4 is 10.6 Å². The minimum atomic E-state index is -0.381. The normalized spacial score (nSPS) is 10.3. The Kier molecular flexibility index (Phi) is 5.56. The van der Waals surface area contributed by atoms with Crippen LogP contribution in [-0.2, 0) is 6.54 Å². The Morgan fingerprint density at radius 3 is 2.48 bits per heavy atom. The minimum absolute atomic E-state index is 0.0603. The molecule has 0 unspecified atom stereocenters. The molecule has 0 bridgehead atoms. The summed E-state index contributed by atoms with van der Waals surface area (Å²) < 4.78 is 0. The van der Waals surface area contributed by atoms with Crippen LogP contribution in [0.15, 0.2) is 60.7 Å². The fraction of sp³-hybridized carbons (Fsp3) is 0.143. The lowest BCUT2D eigenvalue weighted by atomic mass is 10.1. The monoisotopic (exact) mass is 360 g/mol. The Morgan fingerprint density at radius 2 is 1.78 bits per heavy atom. The van der Waals surface area contributed by atoms with Crippen molar-refractivity contribution < 1.29 is 9.59 Å². The quantitative estimate of drug-likeness (QED) is 0.652. The van der Waals surface area contributed by atoms with Crippen LogP contribution in [-0.4, -0.2) is 21.9 Å². The van der Waals surface area contributed by atoms with Crippen LogP contribution >= 0.6 is 0 Å². The minimum Gasteiger partial charge on any atom is -0.365 e. The van der Waals surface area contributed by atoms with E-state index in [4.69, 9.17) is 0 Å². The van der Waals surface area contributed by atoms with Crippen LogP contribution in [0.25, 0.3) is 0 Å². The molecule has 0 aliphatic rings. The van der Waals surface area contributed by atoms with Crippen molar-refractivity contribution in [2.45, 2.75) is 20.4 Å². The summed E-state index contributed by atoms with van der Waals surface area (Å²) in [6, 6.07) is 18.3. The van der Waals surface area contributed by atoms with E-state index in [1.54, 1.807) is 36.4 Å². The average molecular weight is 360 g/mol. The van der Waals surface area contributed by atoms with E-state index in [1.807, 2.05) is 25.1 Å². The molecule has 3 aromatic rings. The van der Waals surface area contributed by atoms with Gasteiger partial charge in [0.1, 0.15) is 5.82 Å². The topological polar surface area (TPSA) is 84.0 Å². The first-order valence-electron chi connectivity index (χ1n) is 8.57. The van der Waals surface area contributed by atoms with Gasteiger partial charge in [-0.1, -0.05) is 42.0 Å². The molecule has 0 saturated heterocycles. The maximum Gasteiger partial charge on any atom is 0.276 e. The van der Waals surface area contributed by atoms with Gasteiger partial charge in [0.25, 0.3) is 5.91 Å². The number of hydrogen-bond acceptors (Lipinski definition) is 5. The Morgan fingerprint density at radius 1 is 0.963 bits per heavy atom. The molecule has 3 rings (SSSR count). The highest BCUT2D eigenvalue weighted by molar-refractivity contribution is 6.03. The molecule has 27 heavy (non-hydrogen) atoms. The first-order valence-corrected chi connectivity index (χ1v) is 8.57. The molecule has 1 amide bonds. The third-order valence-electron chi connectivity index (χ3n) is 3.98. The molecule has 1 aromatic heterocycles. The lowest BCUT2D eigenvalue weighted by molar-refractivity contribution is 0.100. The summed E-state index contributed by atoms with van der Waals surface area (Å²) in [6.45, 7) is 4.15. The molecule has 0 atom stereocenters. The third kappa shape index (κ3) is 4.98. The standard InChI is InChI=1S/C21H20N4O2/c1-14-5-3-6-16(11-14)13-22-20-10-9-19(24-25-20)21(27)23-18-8-4-7-17(12-18)15(2)26/h3-12H,13H2,1-2H3,(H,22,25)(H,23,27). The first kappa shape index (κ1) is 18.3. The molecule has 2 aromatic carbocycles. The molecule has 0 radical (unpaired) electrons. The molecule has 0 fully saturated rings. The van der Waals surface area contributed by atoms with E-state index >= 15 is 0 Å².